The highest BCUT2D eigenvalue weighted by Crippen LogP contribution is 2.20. The normalized spacial score (nSPS) is 10.8. The second-order valence-corrected chi connectivity index (χ2v) is 3.56. The van der Waals surface area contributed by atoms with Gasteiger partial charge in [-0.25, -0.2) is 9.59 Å². The third kappa shape index (κ3) is 2.96. The summed E-state index contributed by atoms with van der Waals surface area (Å²) in [6.45, 7) is 5.55. The summed E-state index contributed by atoms with van der Waals surface area (Å²) in [6, 6.07) is 0. The number of nitrogens with one attached hydrogen (secondary N) is 1. The molecule has 0 radical (unpaired) electrons. The second kappa shape index (κ2) is 5.34. The fraction of sp³-hybridized carbons (Fsp3) is 0.333. The number of hydrogen-bond acceptors (Lipinski definition) is 3. The molecule has 0 spiro atoms. The molecule has 0 aliphatic carbocycles. The summed E-state index contributed by atoms with van der Waals surface area (Å²) in [6.07, 6.45) is 2.50. The molecule has 0 saturated heterocycles. The maximum Gasteiger partial charge on any atom is 0.355 e. The number of aryl methyl sites for hydroxylation is 1. The van der Waals surface area contributed by atoms with Crippen molar-refractivity contribution in [3.63, 3.8) is 0 Å². The van der Waals surface area contributed by atoms with Gasteiger partial charge in [0.2, 0.25) is 0 Å². The van der Waals surface area contributed by atoms with Gasteiger partial charge in [-0.2, -0.15) is 0 Å². The maximum atomic E-state index is 11.6. The lowest BCUT2D eigenvalue weighted by Crippen LogP contribution is -2.06. The average molecular weight is 237 g/mol. The van der Waals surface area contributed by atoms with Crippen molar-refractivity contribution >= 4 is 18.0 Å². The molecule has 1 aromatic rings. The minimum absolute atomic E-state index is 0.302. The highest BCUT2D eigenvalue weighted by molar-refractivity contribution is 5.92. The first-order valence-corrected chi connectivity index (χ1v) is 5.24. The Kier molecular flexibility index (Phi) is 4.09. The number of carboxylic acids is 1. The Balaban J connectivity index is 3.10. The number of carboxylic acid groups (broad SMARTS) is 1. The summed E-state index contributed by atoms with van der Waals surface area (Å²) >= 11 is 0. The number of carbonyl (C=O) groups excluding carboxylic acids is 1. The first-order valence-electron chi connectivity index (χ1n) is 5.24. The van der Waals surface area contributed by atoms with Gasteiger partial charge in [0.1, 0.15) is 5.69 Å². The van der Waals surface area contributed by atoms with Crippen LogP contribution in [0.1, 0.15) is 34.2 Å². The molecule has 17 heavy (non-hydrogen) atoms. The zero-order valence-electron chi connectivity index (χ0n) is 10.0. The van der Waals surface area contributed by atoms with E-state index < -0.39 is 11.9 Å². The summed E-state index contributed by atoms with van der Waals surface area (Å²) in [5.74, 6) is -1.45. The molecule has 0 aliphatic rings. The Morgan fingerprint density at radius 2 is 2.06 bits per heavy atom. The smallest absolute Gasteiger partial charge is 0.355 e. The Labute approximate surface area is 99.1 Å². The molecule has 0 unspecified atom stereocenters. The number of aliphatic carboxylic acids is 1. The van der Waals surface area contributed by atoms with Crippen LogP contribution in [-0.2, 0) is 9.53 Å². The fourth-order valence-electron chi connectivity index (χ4n) is 1.58. The van der Waals surface area contributed by atoms with Gasteiger partial charge in [0.05, 0.1) is 6.61 Å². The quantitative estimate of drug-likeness (QED) is 0.619. The van der Waals surface area contributed by atoms with E-state index in [1.54, 1.807) is 20.8 Å². The van der Waals surface area contributed by atoms with Crippen molar-refractivity contribution in [3.05, 3.63) is 28.6 Å². The van der Waals surface area contributed by atoms with E-state index in [4.69, 9.17) is 9.84 Å². The van der Waals surface area contributed by atoms with E-state index >= 15 is 0 Å². The zero-order chi connectivity index (χ0) is 13.0. The first-order chi connectivity index (χ1) is 7.97. The first kappa shape index (κ1) is 13.0. The standard InChI is InChI=1S/C12H15NO4/c1-4-17-12(16)11-7(2)9(8(3)13-11)5-6-10(14)15/h5-6,13H,4H2,1-3H3,(H,14,15). The summed E-state index contributed by atoms with van der Waals surface area (Å²) in [5, 5.41) is 8.57. The molecule has 0 bridgehead atoms. The van der Waals surface area contributed by atoms with Crippen LogP contribution in [0.4, 0.5) is 0 Å². The van der Waals surface area contributed by atoms with Crippen LogP contribution in [0.3, 0.4) is 0 Å². The van der Waals surface area contributed by atoms with Crippen molar-refractivity contribution < 1.29 is 19.4 Å². The van der Waals surface area contributed by atoms with Gasteiger partial charge in [-0.3, -0.25) is 0 Å². The molecule has 0 amide bonds. The third-order valence-corrected chi connectivity index (χ3v) is 2.37. The molecule has 0 atom stereocenters. The van der Waals surface area contributed by atoms with Gasteiger partial charge in [0.25, 0.3) is 0 Å². The number of H-pyrrole nitrogens is 1. The largest absolute Gasteiger partial charge is 0.478 e. The van der Waals surface area contributed by atoms with Gasteiger partial charge >= 0.3 is 11.9 Å². The molecule has 1 rings (SSSR count). The predicted octanol–water partition coefficient (Wildman–Crippen LogP) is 1.91. The average Bonchev–Trinajstić information content (AvgIpc) is 2.52. The van der Waals surface area contributed by atoms with Crippen LogP contribution in [0.2, 0.25) is 0 Å². The van der Waals surface area contributed by atoms with Crippen LogP contribution in [0.15, 0.2) is 6.08 Å². The van der Waals surface area contributed by atoms with E-state index in [2.05, 4.69) is 4.98 Å². The van der Waals surface area contributed by atoms with Gasteiger partial charge < -0.3 is 14.8 Å². The molecule has 0 fully saturated rings. The maximum absolute atomic E-state index is 11.6. The van der Waals surface area contributed by atoms with Crippen LogP contribution in [-0.4, -0.2) is 28.6 Å². The van der Waals surface area contributed by atoms with E-state index in [0.29, 0.717) is 23.4 Å². The molecule has 92 valence electrons. The molecule has 0 saturated carbocycles. The molecular weight excluding hydrogens is 222 g/mol. The Morgan fingerprint density at radius 3 is 2.59 bits per heavy atom. The van der Waals surface area contributed by atoms with Crippen LogP contribution in [0.5, 0.6) is 0 Å². The van der Waals surface area contributed by atoms with E-state index in [1.165, 1.54) is 6.08 Å². The monoisotopic (exact) mass is 237 g/mol. The SMILES string of the molecule is CCOC(=O)c1[nH]c(C)c(C=CC(=O)O)c1C. The number of hydrogen-bond donors (Lipinski definition) is 2. The van der Waals surface area contributed by atoms with Gasteiger partial charge in [-0.1, -0.05) is 0 Å². The van der Waals surface area contributed by atoms with Crippen LogP contribution < -0.4 is 0 Å². The van der Waals surface area contributed by atoms with E-state index in [9.17, 15) is 9.59 Å². The Morgan fingerprint density at radius 1 is 1.41 bits per heavy atom. The van der Waals surface area contributed by atoms with E-state index in [1.807, 2.05) is 0 Å². The highest BCUT2D eigenvalue weighted by Gasteiger charge is 2.16. The second-order valence-electron chi connectivity index (χ2n) is 3.56. The molecule has 5 nitrogen and oxygen atoms in total. The summed E-state index contributed by atoms with van der Waals surface area (Å²) < 4.78 is 4.89. The minimum atomic E-state index is -1.03. The zero-order valence-corrected chi connectivity index (χ0v) is 10.0. The number of ether oxygens (including phenoxy) is 1. The van der Waals surface area contributed by atoms with Crippen LogP contribution >= 0.6 is 0 Å². The third-order valence-electron chi connectivity index (χ3n) is 2.37. The van der Waals surface area contributed by atoms with Crippen LogP contribution in [0.25, 0.3) is 6.08 Å². The van der Waals surface area contributed by atoms with Crippen LogP contribution in [0, 0.1) is 13.8 Å². The van der Waals surface area contributed by atoms with Gasteiger partial charge in [0, 0.05) is 11.8 Å². The summed E-state index contributed by atoms with van der Waals surface area (Å²) in [7, 11) is 0. The van der Waals surface area contributed by atoms with Crippen molar-refractivity contribution in [2.45, 2.75) is 20.8 Å². The topological polar surface area (TPSA) is 79.4 Å². The number of rotatable bonds is 4. The summed E-state index contributed by atoms with van der Waals surface area (Å²) in [5.41, 5.74) is 2.51. The molecule has 0 aromatic carbocycles. The summed E-state index contributed by atoms with van der Waals surface area (Å²) in [4.78, 5) is 24.9. The Bertz CT molecular complexity index is 471. The van der Waals surface area contributed by atoms with E-state index in [0.717, 1.165) is 11.8 Å². The minimum Gasteiger partial charge on any atom is -0.478 e. The molecule has 0 aliphatic heterocycles. The molecule has 5 heteroatoms. The number of esters is 1. The number of carbonyl (C=O) groups is 2. The van der Waals surface area contributed by atoms with Crippen molar-refractivity contribution in [1.82, 2.24) is 4.98 Å². The number of aromatic nitrogens is 1. The van der Waals surface area contributed by atoms with Gasteiger partial charge in [0.15, 0.2) is 0 Å². The van der Waals surface area contributed by atoms with Crippen molar-refractivity contribution in [2.75, 3.05) is 6.61 Å². The van der Waals surface area contributed by atoms with Gasteiger partial charge in [-0.05, 0) is 38.0 Å². The lowest BCUT2D eigenvalue weighted by atomic mass is 10.1. The van der Waals surface area contributed by atoms with Crippen molar-refractivity contribution in [1.29, 1.82) is 0 Å². The lowest BCUT2D eigenvalue weighted by Gasteiger charge is -2.00. The number of aromatic amines is 1. The lowest BCUT2D eigenvalue weighted by molar-refractivity contribution is -0.131. The molecule has 1 heterocycles. The fourth-order valence-corrected chi connectivity index (χ4v) is 1.58. The molecule has 2 N–H and O–H groups in total. The van der Waals surface area contributed by atoms with E-state index in [-0.39, 0.29) is 0 Å². The molecule has 1 aromatic heterocycles. The predicted molar refractivity (Wildman–Crippen MR) is 62.9 cm³/mol. The van der Waals surface area contributed by atoms with Crippen molar-refractivity contribution in [2.24, 2.45) is 0 Å². The Hall–Kier alpha value is -2.04. The van der Waals surface area contributed by atoms with Gasteiger partial charge in [-0.15, -0.1) is 0 Å². The molecular formula is C12H15NO4. The highest BCUT2D eigenvalue weighted by atomic mass is 16.5. The van der Waals surface area contributed by atoms with Crippen molar-refractivity contribution in [3.8, 4) is 0 Å².